The van der Waals surface area contributed by atoms with Crippen LogP contribution in [0.1, 0.15) is 30.8 Å². The molecule has 18 heavy (non-hydrogen) atoms. The van der Waals surface area contributed by atoms with Crippen molar-refractivity contribution in [1.29, 1.82) is 0 Å². The lowest BCUT2D eigenvalue weighted by Gasteiger charge is -2.10. The largest absolute Gasteiger partial charge is 0.346 e. The topological polar surface area (TPSA) is 83.6 Å². The van der Waals surface area contributed by atoms with Gasteiger partial charge in [-0.3, -0.25) is 14.9 Å². The highest BCUT2D eigenvalue weighted by Gasteiger charge is 2.11. The average molecular weight is 245 g/mol. The first-order valence-electron chi connectivity index (χ1n) is 5.79. The summed E-state index contributed by atoms with van der Waals surface area (Å²) in [5, 5.41) is 9.35. The van der Waals surface area contributed by atoms with Crippen LogP contribution in [0.4, 0.5) is 0 Å². The first-order chi connectivity index (χ1) is 8.75. The minimum Gasteiger partial charge on any atom is -0.346 e. The highest BCUT2D eigenvalue weighted by atomic mass is 16.1. The predicted octanol–water partition coefficient (Wildman–Crippen LogP) is 1.01. The Kier molecular flexibility index (Phi) is 4.01. The van der Waals surface area contributed by atoms with E-state index in [-0.39, 0.29) is 11.9 Å². The monoisotopic (exact) mass is 245 g/mol. The number of aromatic nitrogens is 4. The Morgan fingerprint density at radius 2 is 2.22 bits per heavy atom. The maximum absolute atomic E-state index is 11.7. The van der Waals surface area contributed by atoms with E-state index in [1.165, 1.54) is 6.33 Å². The average Bonchev–Trinajstić information content (AvgIpc) is 2.91. The van der Waals surface area contributed by atoms with Crippen molar-refractivity contribution in [1.82, 2.24) is 25.5 Å². The Morgan fingerprint density at radius 3 is 2.89 bits per heavy atom. The number of nitrogens with zero attached hydrogens (tertiary/aromatic N) is 3. The second-order valence-corrected chi connectivity index (χ2v) is 4.02. The van der Waals surface area contributed by atoms with Gasteiger partial charge >= 0.3 is 0 Å². The summed E-state index contributed by atoms with van der Waals surface area (Å²) in [6.07, 6.45) is 6.03. The summed E-state index contributed by atoms with van der Waals surface area (Å²) < 4.78 is 0. The number of carbonyl (C=O) groups excluding carboxylic acids is 1. The number of hydrogen-bond donors (Lipinski definition) is 2. The van der Waals surface area contributed by atoms with Crippen LogP contribution >= 0.6 is 0 Å². The smallest absolute Gasteiger partial charge is 0.220 e. The maximum atomic E-state index is 11.7. The Bertz CT molecular complexity index is 482. The Morgan fingerprint density at radius 1 is 1.44 bits per heavy atom. The normalized spacial score (nSPS) is 12.1. The van der Waals surface area contributed by atoms with Gasteiger partial charge in [-0.25, -0.2) is 4.98 Å². The molecule has 0 aliphatic rings. The number of pyridine rings is 1. The van der Waals surface area contributed by atoms with E-state index in [0.29, 0.717) is 18.7 Å². The van der Waals surface area contributed by atoms with E-state index in [0.717, 1.165) is 5.56 Å². The number of aromatic amines is 1. The zero-order valence-electron chi connectivity index (χ0n) is 10.1. The van der Waals surface area contributed by atoms with Crippen LogP contribution in [-0.4, -0.2) is 26.1 Å². The lowest BCUT2D eigenvalue weighted by atomic mass is 10.1. The van der Waals surface area contributed by atoms with Gasteiger partial charge in [-0.2, -0.15) is 5.10 Å². The van der Waals surface area contributed by atoms with Crippen molar-refractivity contribution in [3.05, 3.63) is 42.2 Å². The van der Waals surface area contributed by atoms with Crippen molar-refractivity contribution < 1.29 is 4.79 Å². The lowest BCUT2D eigenvalue weighted by molar-refractivity contribution is -0.121. The van der Waals surface area contributed by atoms with Crippen LogP contribution < -0.4 is 5.32 Å². The molecule has 0 aromatic carbocycles. The molecule has 1 amide bonds. The minimum atomic E-state index is -0.155. The van der Waals surface area contributed by atoms with Gasteiger partial charge in [-0.1, -0.05) is 0 Å². The van der Waals surface area contributed by atoms with E-state index in [1.54, 1.807) is 12.4 Å². The number of aryl methyl sites for hydroxylation is 1. The molecule has 0 bridgehead atoms. The Labute approximate surface area is 105 Å². The van der Waals surface area contributed by atoms with Crippen LogP contribution in [-0.2, 0) is 11.2 Å². The van der Waals surface area contributed by atoms with E-state index >= 15 is 0 Å². The first kappa shape index (κ1) is 12.2. The fraction of sp³-hybridized carbons (Fsp3) is 0.333. The highest BCUT2D eigenvalue weighted by molar-refractivity contribution is 5.76. The van der Waals surface area contributed by atoms with E-state index in [4.69, 9.17) is 0 Å². The molecular weight excluding hydrogens is 230 g/mol. The SMILES string of the molecule is CC(NC(=O)CCc1ccncc1)c1ncn[nH]1. The molecule has 1 atom stereocenters. The molecule has 2 heterocycles. The lowest BCUT2D eigenvalue weighted by Crippen LogP contribution is -2.27. The van der Waals surface area contributed by atoms with Gasteiger partial charge in [0.2, 0.25) is 5.91 Å². The van der Waals surface area contributed by atoms with Crippen molar-refractivity contribution in [3.8, 4) is 0 Å². The van der Waals surface area contributed by atoms with E-state index in [2.05, 4.69) is 25.5 Å². The molecule has 2 rings (SSSR count). The second kappa shape index (κ2) is 5.90. The molecule has 6 heteroatoms. The van der Waals surface area contributed by atoms with Crippen LogP contribution in [0, 0.1) is 0 Å². The van der Waals surface area contributed by atoms with Crippen LogP contribution in [0.5, 0.6) is 0 Å². The minimum absolute atomic E-state index is 0.00397. The molecule has 2 N–H and O–H groups in total. The predicted molar refractivity (Wildman–Crippen MR) is 65.5 cm³/mol. The molecule has 0 aliphatic carbocycles. The Hall–Kier alpha value is -2.24. The molecule has 0 fully saturated rings. The summed E-state index contributed by atoms with van der Waals surface area (Å²) in [5.74, 6) is 0.656. The third-order valence-corrected chi connectivity index (χ3v) is 2.61. The number of carbonyl (C=O) groups is 1. The molecule has 0 spiro atoms. The van der Waals surface area contributed by atoms with Crippen LogP contribution in [0.3, 0.4) is 0 Å². The molecule has 0 saturated carbocycles. The first-order valence-corrected chi connectivity index (χ1v) is 5.79. The van der Waals surface area contributed by atoms with Gasteiger partial charge in [0.05, 0.1) is 6.04 Å². The van der Waals surface area contributed by atoms with Crippen molar-refractivity contribution in [2.45, 2.75) is 25.8 Å². The van der Waals surface area contributed by atoms with Crippen molar-refractivity contribution in [3.63, 3.8) is 0 Å². The summed E-state index contributed by atoms with van der Waals surface area (Å²) in [6.45, 7) is 1.87. The van der Waals surface area contributed by atoms with Gasteiger partial charge in [0.1, 0.15) is 12.2 Å². The number of amides is 1. The molecule has 0 radical (unpaired) electrons. The fourth-order valence-corrected chi connectivity index (χ4v) is 1.61. The summed E-state index contributed by atoms with van der Waals surface area (Å²) >= 11 is 0. The van der Waals surface area contributed by atoms with E-state index in [1.807, 2.05) is 19.1 Å². The van der Waals surface area contributed by atoms with E-state index in [9.17, 15) is 4.79 Å². The van der Waals surface area contributed by atoms with Gasteiger partial charge in [-0.05, 0) is 31.0 Å². The van der Waals surface area contributed by atoms with E-state index < -0.39 is 0 Å². The standard InChI is InChI=1S/C12H15N5O/c1-9(12-14-8-15-17-12)16-11(18)3-2-10-4-6-13-7-5-10/h4-9H,2-3H2,1H3,(H,16,18)(H,14,15,17). The van der Waals surface area contributed by atoms with Crippen molar-refractivity contribution in [2.75, 3.05) is 0 Å². The van der Waals surface area contributed by atoms with Crippen LogP contribution in [0.25, 0.3) is 0 Å². The molecule has 0 aliphatic heterocycles. The summed E-state index contributed by atoms with van der Waals surface area (Å²) in [6, 6.07) is 3.66. The van der Waals surface area contributed by atoms with Crippen molar-refractivity contribution in [2.24, 2.45) is 0 Å². The van der Waals surface area contributed by atoms with Crippen molar-refractivity contribution >= 4 is 5.91 Å². The summed E-state index contributed by atoms with van der Waals surface area (Å²) in [5.41, 5.74) is 1.10. The highest BCUT2D eigenvalue weighted by Crippen LogP contribution is 2.06. The number of hydrogen-bond acceptors (Lipinski definition) is 4. The Balaban J connectivity index is 1.79. The zero-order valence-corrected chi connectivity index (χ0v) is 10.1. The third-order valence-electron chi connectivity index (χ3n) is 2.61. The quantitative estimate of drug-likeness (QED) is 0.823. The van der Waals surface area contributed by atoms with Gasteiger partial charge in [-0.15, -0.1) is 0 Å². The molecule has 2 aromatic heterocycles. The molecule has 2 aromatic rings. The molecule has 94 valence electrons. The zero-order chi connectivity index (χ0) is 12.8. The van der Waals surface area contributed by atoms with Gasteiger partial charge in [0.25, 0.3) is 0 Å². The molecule has 0 saturated heterocycles. The summed E-state index contributed by atoms with van der Waals surface area (Å²) in [4.78, 5) is 19.7. The van der Waals surface area contributed by atoms with Crippen LogP contribution in [0.2, 0.25) is 0 Å². The van der Waals surface area contributed by atoms with Gasteiger partial charge in [0, 0.05) is 18.8 Å². The third kappa shape index (κ3) is 3.38. The van der Waals surface area contributed by atoms with Gasteiger partial charge < -0.3 is 5.32 Å². The fourth-order valence-electron chi connectivity index (χ4n) is 1.61. The molecule has 6 nitrogen and oxygen atoms in total. The molecular formula is C12H15N5O. The number of H-pyrrole nitrogens is 1. The maximum Gasteiger partial charge on any atom is 0.220 e. The number of nitrogens with one attached hydrogen (secondary N) is 2. The van der Waals surface area contributed by atoms with Crippen LogP contribution in [0.15, 0.2) is 30.9 Å². The summed E-state index contributed by atoms with van der Waals surface area (Å²) in [7, 11) is 0. The second-order valence-electron chi connectivity index (χ2n) is 4.02. The molecule has 1 unspecified atom stereocenters. The van der Waals surface area contributed by atoms with Gasteiger partial charge in [0.15, 0.2) is 0 Å². The number of rotatable bonds is 5.